The minimum absolute atomic E-state index is 0.0487. The summed E-state index contributed by atoms with van der Waals surface area (Å²) in [7, 11) is 0. The van der Waals surface area contributed by atoms with E-state index in [2.05, 4.69) is 12.2 Å². The van der Waals surface area contributed by atoms with Crippen LogP contribution in [-0.2, 0) is 32.1 Å². The molecule has 0 aromatic carbocycles. The van der Waals surface area contributed by atoms with Crippen LogP contribution in [0.1, 0.15) is 136 Å². The van der Waals surface area contributed by atoms with Crippen LogP contribution < -0.4 is 9.88 Å². The average Bonchev–Trinajstić information content (AvgIpc) is 3.49. The van der Waals surface area contributed by atoms with Crippen molar-refractivity contribution < 1.29 is 33.2 Å². The largest absolute Gasteiger partial charge is 0.447 e. The second-order valence-corrected chi connectivity index (χ2v) is 12.1. The van der Waals surface area contributed by atoms with Crippen molar-refractivity contribution in [2.45, 2.75) is 155 Å². The van der Waals surface area contributed by atoms with Crippen LogP contribution in [0.25, 0.3) is 0 Å². The number of pyridine rings is 1. The SMILES string of the molecule is CCCCCCCCCCCCCCCCCNC(=O)OCC1CCC(COC(=O)N(Cc2cccc[n+]2CC)C(C)=O)O1. The van der Waals surface area contributed by atoms with E-state index in [9.17, 15) is 14.4 Å². The predicted octanol–water partition coefficient (Wildman–Crippen LogP) is 7.62. The van der Waals surface area contributed by atoms with Gasteiger partial charge in [0, 0.05) is 25.6 Å². The molecule has 0 radical (unpaired) electrons. The van der Waals surface area contributed by atoms with Crippen LogP contribution in [0.3, 0.4) is 0 Å². The second kappa shape index (κ2) is 23.7. The molecule has 250 valence electrons. The third-order valence-corrected chi connectivity index (χ3v) is 8.33. The molecule has 2 rings (SSSR count). The smallest absolute Gasteiger partial charge is 0.417 e. The van der Waals surface area contributed by atoms with Gasteiger partial charge in [-0.3, -0.25) is 4.79 Å². The third-order valence-electron chi connectivity index (χ3n) is 8.33. The van der Waals surface area contributed by atoms with E-state index < -0.39 is 12.2 Å². The Bertz CT molecular complexity index is 943. The minimum Gasteiger partial charge on any atom is -0.447 e. The molecule has 2 heterocycles. The number of carbonyl (C=O) groups excluding carboxylic acids is 3. The lowest BCUT2D eigenvalue weighted by Crippen LogP contribution is -2.43. The first-order valence-corrected chi connectivity index (χ1v) is 17.4. The minimum atomic E-state index is -0.689. The molecule has 1 saturated heterocycles. The Kier molecular flexibility index (Phi) is 20.2. The molecule has 1 aromatic heterocycles. The number of amides is 3. The molecule has 0 bridgehead atoms. The van der Waals surface area contributed by atoms with Crippen LogP contribution in [0.5, 0.6) is 0 Å². The van der Waals surface area contributed by atoms with Crippen LogP contribution in [0.2, 0.25) is 0 Å². The van der Waals surface area contributed by atoms with Gasteiger partial charge in [0.2, 0.25) is 11.6 Å². The molecule has 1 aromatic rings. The molecule has 2 unspecified atom stereocenters. The standard InChI is InChI=1S/C35H59N3O6/c1-4-6-7-8-9-10-11-12-13-14-15-16-17-18-20-25-36-34(40)42-28-32-23-24-33(44-32)29-43-35(41)38(30(3)39)27-31-22-19-21-26-37(31)5-2/h19,21-22,26,32-33H,4-18,20,23-25,27-29H2,1-3H3/p+1. The number of alkyl carbamates (subject to hydrolysis) is 1. The van der Waals surface area contributed by atoms with Gasteiger partial charge in [0.15, 0.2) is 6.20 Å². The summed E-state index contributed by atoms with van der Waals surface area (Å²) in [6.45, 7) is 7.33. The molecule has 0 saturated carbocycles. The lowest BCUT2D eigenvalue weighted by molar-refractivity contribution is -0.701. The maximum Gasteiger partial charge on any atom is 0.417 e. The number of nitrogens with one attached hydrogen (secondary N) is 1. The highest BCUT2D eigenvalue weighted by Gasteiger charge is 2.29. The first-order valence-electron chi connectivity index (χ1n) is 17.4. The Hall–Kier alpha value is -2.68. The molecule has 9 heteroatoms. The lowest BCUT2D eigenvalue weighted by atomic mass is 10.0. The summed E-state index contributed by atoms with van der Waals surface area (Å²) in [4.78, 5) is 38.0. The molecule has 1 fully saturated rings. The van der Waals surface area contributed by atoms with Gasteiger partial charge >= 0.3 is 12.2 Å². The maximum atomic E-state index is 12.7. The fourth-order valence-corrected chi connectivity index (χ4v) is 5.60. The quantitative estimate of drug-likeness (QED) is 0.100. The monoisotopic (exact) mass is 618 g/mol. The van der Waals surface area contributed by atoms with Gasteiger partial charge in [-0.15, -0.1) is 0 Å². The molecular weight excluding hydrogens is 558 g/mol. The summed E-state index contributed by atoms with van der Waals surface area (Å²) in [5.74, 6) is -0.379. The normalized spacial score (nSPS) is 16.1. The second-order valence-electron chi connectivity index (χ2n) is 12.1. The van der Waals surface area contributed by atoms with Crippen LogP contribution >= 0.6 is 0 Å². The molecule has 9 nitrogen and oxygen atoms in total. The topological polar surface area (TPSA) is 98.0 Å². The lowest BCUT2D eigenvalue weighted by Gasteiger charge is -2.19. The molecular formula is C35H60N3O6+. The molecule has 1 aliphatic heterocycles. The highest BCUT2D eigenvalue weighted by molar-refractivity contribution is 5.90. The van der Waals surface area contributed by atoms with Crippen LogP contribution in [0, 0.1) is 0 Å². The van der Waals surface area contributed by atoms with E-state index in [1.807, 2.05) is 35.9 Å². The molecule has 1 N–H and O–H groups in total. The Labute approximate surface area is 266 Å². The number of hydrogen-bond donors (Lipinski definition) is 1. The van der Waals surface area contributed by atoms with E-state index >= 15 is 0 Å². The maximum absolute atomic E-state index is 12.7. The first kappa shape index (κ1) is 37.5. The van der Waals surface area contributed by atoms with E-state index in [4.69, 9.17) is 14.2 Å². The van der Waals surface area contributed by atoms with Gasteiger partial charge in [0.25, 0.3) is 0 Å². The van der Waals surface area contributed by atoms with Crippen LogP contribution in [0.15, 0.2) is 24.4 Å². The van der Waals surface area contributed by atoms with Crippen molar-refractivity contribution in [3.8, 4) is 0 Å². The molecule has 0 aliphatic carbocycles. The fourth-order valence-electron chi connectivity index (χ4n) is 5.60. The number of carbonyl (C=O) groups is 3. The summed E-state index contributed by atoms with van der Waals surface area (Å²) in [6, 6.07) is 5.67. The molecule has 0 spiro atoms. The van der Waals surface area contributed by atoms with Gasteiger partial charge in [-0.1, -0.05) is 103 Å². The van der Waals surface area contributed by atoms with Gasteiger partial charge in [0.1, 0.15) is 26.3 Å². The number of rotatable bonds is 23. The van der Waals surface area contributed by atoms with Crippen molar-refractivity contribution >= 4 is 18.1 Å². The Morgan fingerprint density at radius 2 is 1.36 bits per heavy atom. The van der Waals surface area contributed by atoms with E-state index in [0.717, 1.165) is 30.0 Å². The number of unbranched alkanes of at least 4 members (excludes halogenated alkanes) is 14. The zero-order chi connectivity index (χ0) is 31.8. The number of hydrogen-bond acceptors (Lipinski definition) is 6. The van der Waals surface area contributed by atoms with Crippen molar-refractivity contribution in [1.82, 2.24) is 10.2 Å². The van der Waals surface area contributed by atoms with E-state index in [-0.39, 0.29) is 37.9 Å². The van der Waals surface area contributed by atoms with Crippen molar-refractivity contribution in [1.29, 1.82) is 0 Å². The number of aryl methyl sites for hydroxylation is 1. The summed E-state index contributed by atoms with van der Waals surface area (Å²) in [5, 5.41) is 2.83. The van der Waals surface area contributed by atoms with Gasteiger partial charge in [-0.05, 0) is 26.2 Å². The van der Waals surface area contributed by atoms with Gasteiger partial charge in [-0.2, -0.15) is 0 Å². The summed E-state index contributed by atoms with van der Waals surface area (Å²) in [6.07, 6.45) is 21.4. The Balaban J connectivity index is 1.46. The van der Waals surface area contributed by atoms with Crippen molar-refractivity contribution in [3.63, 3.8) is 0 Å². The van der Waals surface area contributed by atoms with Crippen LogP contribution in [-0.4, -0.2) is 55.0 Å². The molecule has 3 amide bonds. The van der Waals surface area contributed by atoms with E-state index in [1.165, 1.54) is 90.4 Å². The van der Waals surface area contributed by atoms with Gasteiger partial charge in [0.05, 0.1) is 12.2 Å². The number of imide groups is 1. The van der Waals surface area contributed by atoms with E-state index in [0.29, 0.717) is 19.4 Å². The fraction of sp³-hybridized carbons (Fsp3) is 0.771. The number of nitrogens with zero attached hydrogens (tertiary/aromatic N) is 2. The van der Waals surface area contributed by atoms with Crippen molar-refractivity contribution in [3.05, 3.63) is 30.1 Å². The van der Waals surface area contributed by atoms with Gasteiger partial charge in [-0.25, -0.2) is 19.1 Å². The van der Waals surface area contributed by atoms with Gasteiger partial charge < -0.3 is 19.5 Å². The van der Waals surface area contributed by atoms with Crippen LogP contribution in [0.4, 0.5) is 9.59 Å². The highest BCUT2D eigenvalue weighted by Crippen LogP contribution is 2.21. The highest BCUT2D eigenvalue weighted by atomic mass is 16.6. The summed E-state index contributed by atoms with van der Waals surface area (Å²) < 4.78 is 18.6. The van der Waals surface area contributed by atoms with E-state index in [1.54, 1.807) is 0 Å². The number of aromatic nitrogens is 1. The van der Waals surface area contributed by atoms with Crippen molar-refractivity contribution in [2.24, 2.45) is 0 Å². The summed E-state index contributed by atoms with van der Waals surface area (Å²) in [5.41, 5.74) is 0.842. The Morgan fingerprint density at radius 3 is 1.91 bits per heavy atom. The Morgan fingerprint density at radius 1 is 0.818 bits per heavy atom. The zero-order valence-corrected chi connectivity index (χ0v) is 27.9. The summed E-state index contributed by atoms with van der Waals surface area (Å²) >= 11 is 0. The first-order chi connectivity index (χ1) is 21.4. The predicted molar refractivity (Wildman–Crippen MR) is 172 cm³/mol. The average molecular weight is 619 g/mol. The molecule has 2 atom stereocenters. The molecule has 44 heavy (non-hydrogen) atoms. The third kappa shape index (κ3) is 16.4. The zero-order valence-electron chi connectivity index (χ0n) is 27.9. The molecule has 1 aliphatic rings. The van der Waals surface area contributed by atoms with Crippen molar-refractivity contribution in [2.75, 3.05) is 19.8 Å². The number of ether oxygens (including phenoxy) is 3.